The number of hydrogen-bond donors (Lipinski definition) is 0. The van der Waals surface area contributed by atoms with Gasteiger partial charge in [0.1, 0.15) is 0 Å². The van der Waals surface area contributed by atoms with Crippen LogP contribution in [-0.2, 0) is 0 Å². The topological polar surface area (TPSA) is 12.9 Å². The Hall–Kier alpha value is -1.11. The number of rotatable bonds is 5. The van der Waals surface area contributed by atoms with E-state index in [0.717, 1.165) is 22.7 Å². The Labute approximate surface area is 127 Å². The van der Waals surface area contributed by atoms with Crippen molar-refractivity contribution >= 4 is 5.57 Å². The molecular weight excluding hydrogens is 242 g/mol. The van der Waals surface area contributed by atoms with E-state index in [9.17, 15) is 0 Å². The Balaban J connectivity index is 0. The molecule has 1 aromatic heterocycles. The van der Waals surface area contributed by atoms with Crippen LogP contribution in [0.5, 0.6) is 0 Å². The second-order valence-electron chi connectivity index (χ2n) is 5.15. The molecule has 0 amide bonds. The van der Waals surface area contributed by atoms with Crippen LogP contribution in [0.3, 0.4) is 0 Å². The van der Waals surface area contributed by atoms with Crippen LogP contribution in [0, 0.1) is 12.8 Å². The van der Waals surface area contributed by atoms with E-state index in [1.165, 1.54) is 25.7 Å². The predicted molar refractivity (Wildman–Crippen MR) is 94.0 cm³/mol. The molecular formula is C19H35N. The van der Waals surface area contributed by atoms with E-state index in [-0.39, 0.29) is 0 Å². The lowest BCUT2D eigenvalue weighted by Crippen LogP contribution is -1.91. The fraction of sp³-hybridized carbons (Fsp3) is 0.632. The van der Waals surface area contributed by atoms with Crippen molar-refractivity contribution in [3.63, 3.8) is 0 Å². The van der Waals surface area contributed by atoms with Gasteiger partial charge in [0.2, 0.25) is 0 Å². The highest BCUT2D eigenvalue weighted by Gasteiger charge is 1.95. The fourth-order valence-corrected chi connectivity index (χ4v) is 1.85. The van der Waals surface area contributed by atoms with Crippen LogP contribution in [0.15, 0.2) is 24.9 Å². The molecule has 116 valence electrons. The monoisotopic (exact) mass is 277 g/mol. The quantitative estimate of drug-likeness (QED) is 0.585. The van der Waals surface area contributed by atoms with Crippen LogP contribution < -0.4 is 0 Å². The lowest BCUT2D eigenvalue weighted by atomic mass is 10.0. The van der Waals surface area contributed by atoms with Crippen molar-refractivity contribution in [2.75, 3.05) is 0 Å². The second-order valence-corrected chi connectivity index (χ2v) is 5.15. The Kier molecular flexibility index (Phi) is 15.2. The summed E-state index contributed by atoms with van der Waals surface area (Å²) in [5.74, 6) is 0.963. The molecule has 0 atom stereocenters. The third-order valence-corrected chi connectivity index (χ3v) is 2.97. The van der Waals surface area contributed by atoms with Crippen molar-refractivity contribution in [1.82, 2.24) is 4.98 Å². The standard InChI is InChI=1S/C9H11N.C8H18.C2H6/c1-7(2)9-5-4-8(3)10-6-9;1-4-6-8(3)7-5-2;1-2/h4-6H,1H2,2-3H3;8H,4-7H2,1-3H3;1-2H3. The minimum Gasteiger partial charge on any atom is -0.261 e. The fourth-order valence-electron chi connectivity index (χ4n) is 1.85. The molecule has 0 saturated heterocycles. The molecule has 0 N–H and O–H groups in total. The minimum absolute atomic E-state index is 0.963. The summed E-state index contributed by atoms with van der Waals surface area (Å²) in [6.07, 6.45) is 7.36. The summed E-state index contributed by atoms with van der Waals surface area (Å²) in [5.41, 5.74) is 3.23. The van der Waals surface area contributed by atoms with Crippen molar-refractivity contribution in [2.45, 2.75) is 74.1 Å². The third kappa shape index (κ3) is 12.0. The van der Waals surface area contributed by atoms with E-state index in [2.05, 4.69) is 32.3 Å². The van der Waals surface area contributed by atoms with E-state index in [4.69, 9.17) is 0 Å². The Morgan fingerprint density at radius 2 is 1.65 bits per heavy atom. The van der Waals surface area contributed by atoms with Gasteiger partial charge < -0.3 is 0 Å². The zero-order valence-corrected chi connectivity index (χ0v) is 14.8. The number of allylic oxidation sites excluding steroid dienone is 1. The molecule has 0 fully saturated rings. The van der Waals surface area contributed by atoms with Crippen molar-refractivity contribution in [3.8, 4) is 0 Å². The van der Waals surface area contributed by atoms with Gasteiger partial charge in [-0.05, 0) is 37.0 Å². The van der Waals surface area contributed by atoms with Gasteiger partial charge in [-0.25, -0.2) is 0 Å². The summed E-state index contributed by atoms with van der Waals surface area (Å²) in [6.45, 7) is 18.6. The van der Waals surface area contributed by atoms with Gasteiger partial charge in [0.15, 0.2) is 0 Å². The first-order chi connectivity index (χ1) is 9.51. The molecule has 0 aromatic carbocycles. The van der Waals surface area contributed by atoms with E-state index in [0.29, 0.717) is 0 Å². The van der Waals surface area contributed by atoms with Crippen molar-refractivity contribution in [1.29, 1.82) is 0 Å². The van der Waals surface area contributed by atoms with Gasteiger partial charge >= 0.3 is 0 Å². The molecule has 0 aliphatic carbocycles. The van der Waals surface area contributed by atoms with Gasteiger partial charge in [-0.3, -0.25) is 4.98 Å². The molecule has 0 aliphatic rings. The maximum atomic E-state index is 4.14. The van der Waals surface area contributed by atoms with Crippen molar-refractivity contribution in [3.05, 3.63) is 36.2 Å². The number of aryl methyl sites for hydroxylation is 1. The van der Waals surface area contributed by atoms with Gasteiger partial charge in [-0.2, -0.15) is 0 Å². The number of pyridine rings is 1. The van der Waals surface area contributed by atoms with Crippen LogP contribution in [0.4, 0.5) is 0 Å². The van der Waals surface area contributed by atoms with Crippen LogP contribution >= 0.6 is 0 Å². The molecule has 1 rings (SSSR count). The molecule has 0 radical (unpaired) electrons. The van der Waals surface area contributed by atoms with Crippen LogP contribution in [0.2, 0.25) is 0 Å². The SMILES string of the molecule is C=C(C)c1ccc(C)nc1.CC.CCCC(C)CCC. The lowest BCUT2D eigenvalue weighted by Gasteiger charge is -2.05. The van der Waals surface area contributed by atoms with Gasteiger partial charge in [-0.15, -0.1) is 0 Å². The summed E-state index contributed by atoms with van der Waals surface area (Å²) >= 11 is 0. The van der Waals surface area contributed by atoms with E-state index < -0.39 is 0 Å². The summed E-state index contributed by atoms with van der Waals surface area (Å²) in [4.78, 5) is 4.14. The lowest BCUT2D eigenvalue weighted by molar-refractivity contribution is 0.480. The van der Waals surface area contributed by atoms with Gasteiger partial charge in [0.05, 0.1) is 0 Å². The maximum absolute atomic E-state index is 4.14. The molecule has 20 heavy (non-hydrogen) atoms. The summed E-state index contributed by atoms with van der Waals surface area (Å²) < 4.78 is 0. The molecule has 0 aliphatic heterocycles. The first-order valence-corrected chi connectivity index (χ1v) is 8.09. The highest BCUT2D eigenvalue weighted by molar-refractivity contribution is 5.60. The minimum atomic E-state index is 0.963. The van der Waals surface area contributed by atoms with Crippen LogP contribution in [0.25, 0.3) is 5.57 Å². The largest absolute Gasteiger partial charge is 0.261 e. The van der Waals surface area contributed by atoms with Crippen LogP contribution in [-0.4, -0.2) is 4.98 Å². The summed E-state index contributed by atoms with van der Waals surface area (Å²) in [7, 11) is 0. The van der Waals surface area contributed by atoms with Crippen LogP contribution in [0.1, 0.15) is 78.5 Å². The predicted octanol–water partition coefficient (Wildman–Crippen LogP) is 6.67. The number of nitrogens with zero attached hydrogens (tertiary/aromatic N) is 1. The first kappa shape index (κ1) is 21.2. The molecule has 1 aromatic rings. The Bertz CT molecular complexity index is 318. The Morgan fingerprint density at radius 3 is 1.95 bits per heavy atom. The van der Waals surface area contributed by atoms with Crippen molar-refractivity contribution in [2.24, 2.45) is 5.92 Å². The first-order valence-electron chi connectivity index (χ1n) is 8.09. The summed E-state index contributed by atoms with van der Waals surface area (Å²) in [5, 5.41) is 0. The van der Waals surface area contributed by atoms with E-state index >= 15 is 0 Å². The van der Waals surface area contributed by atoms with Gasteiger partial charge in [0.25, 0.3) is 0 Å². The average Bonchev–Trinajstić information content (AvgIpc) is 2.43. The molecule has 1 heterocycles. The Morgan fingerprint density at radius 1 is 1.15 bits per heavy atom. The molecule has 1 heteroatoms. The van der Waals surface area contributed by atoms with E-state index in [1.807, 2.05) is 46.0 Å². The maximum Gasteiger partial charge on any atom is 0.0373 e. The zero-order valence-electron chi connectivity index (χ0n) is 14.8. The normalized spacial score (nSPS) is 9.20. The average molecular weight is 277 g/mol. The molecule has 0 bridgehead atoms. The number of hydrogen-bond acceptors (Lipinski definition) is 1. The second kappa shape index (κ2) is 14.3. The van der Waals surface area contributed by atoms with Gasteiger partial charge in [0, 0.05) is 11.9 Å². The smallest absolute Gasteiger partial charge is 0.0373 e. The summed E-state index contributed by atoms with van der Waals surface area (Å²) in [6, 6.07) is 4.02. The molecule has 0 unspecified atom stereocenters. The number of aromatic nitrogens is 1. The molecule has 0 spiro atoms. The van der Waals surface area contributed by atoms with Crippen molar-refractivity contribution < 1.29 is 0 Å². The van der Waals surface area contributed by atoms with E-state index in [1.54, 1.807) is 0 Å². The van der Waals surface area contributed by atoms with Gasteiger partial charge in [-0.1, -0.05) is 72.9 Å². The highest BCUT2D eigenvalue weighted by atomic mass is 14.7. The third-order valence-electron chi connectivity index (χ3n) is 2.97. The molecule has 0 saturated carbocycles. The zero-order chi connectivity index (χ0) is 16.0. The molecule has 1 nitrogen and oxygen atoms in total. The highest BCUT2D eigenvalue weighted by Crippen LogP contribution is 2.10.